The third-order valence-corrected chi connectivity index (χ3v) is 5.19. The zero-order chi connectivity index (χ0) is 16.0. The topological polar surface area (TPSA) is 63.2 Å². The van der Waals surface area contributed by atoms with E-state index in [0.29, 0.717) is 25.7 Å². The number of Topliss-reactive ketones (excluding diaryl/α,β-unsaturated/α-hetero) is 1. The molecule has 3 heterocycles. The van der Waals surface area contributed by atoms with Crippen LogP contribution in [0.3, 0.4) is 0 Å². The van der Waals surface area contributed by atoms with Crippen LogP contribution in [-0.4, -0.2) is 48.6 Å². The molecule has 0 aromatic rings. The molecule has 0 radical (unpaired) electrons. The number of hydrogen-bond acceptors (Lipinski definition) is 6. The Morgan fingerprint density at radius 3 is 2.14 bits per heavy atom. The van der Waals surface area contributed by atoms with Crippen molar-refractivity contribution < 1.29 is 28.5 Å². The second kappa shape index (κ2) is 5.53. The fourth-order valence-corrected chi connectivity index (χ4v) is 3.48. The average molecular weight is 314 g/mol. The SMILES string of the molecule is CCC1(CC)O[C@@H]2CO[C@]3(COC(CC)(CC)O3)C(=O)[C@@H]2O1. The third kappa shape index (κ3) is 2.24. The number of carbonyl (C=O) groups is 1. The quantitative estimate of drug-likeness (QED) is 0.792. The van der Waals surface area contributed by atoms with Gasteiger partial charge in [-0.25, -0.2) is 0 Å². The molecular weight excluding hydrogens is 288 g/mol. The summed E-state index contributed by atoms with van der Waals surface area (Å²) in [6.07, 6.45) is 1.73. The van der Waals surface area contributed by atoms with E-state index in [9.17, 15) is 4.79 Å². The second-order valence-corrected chi connectivity index (χ2v) is 6.25. The van der Waals surface area contributed by atoms with Gasteiger partial charge in [0.2, 0.25) is 5.78 Å². The third-order valence-electron chi connectivity index (χ3n) is 5.19. The van der Waals surface area contributed by atoms with Crippen molar-refractivity contribution in [2.45, 2.75) is 82.9 Å². The minimum Gasteiger partial charge on any atom is -0.344 e. The summed E-state index contributed by atoms with van der Waals surface area (Å²) in [4.78, 5) is 12.9. The van der Waals surface area contributed by atoms with E-state index in [4.69, 9.17) is 23.7 Å². The molecule has 3 aliphatic heterocycles. The first kappa shape index (κ1) is 16.3. The Balaban J connectivity index is 1.81. The molecule has 3 aliphatic rings. The Hall–Kier alpha value is -0.530. The van der Waals surface area contributed by atoms with E-state index in [1.165, 1.54) is 0 Å². The molecule has 3 fully saturated rings. The zero-order valence-corrected chi connectivity index (χ0v) is 13.8. The molecule has 1 spiro atoms. The summed E-state index contributed by atoms with van der Waals surface area (Å²) in [6, 6.07) is 0. The maximum absolute atomic E-state index is 12.9. The molecule has 3 rings (SSSR count). The van der Waals surface area contributed by atoms with Gasteiger partial charge in [-0.2, -0.15) is 0 Å². The lowest BCUT2D eigenvalue weighted by molar-refractivity contribution is -0.273. The van der Waals surface area contributed by atoms with Crippen molar-refractivity contribution in [3.05, 3.63) is 0 Å². The normalized spacial score (nSPS) is 39.4. The van der Waals surface area contributed by atoms with Gasteiger partial charge in [0.1, 0.15) is 12.7 Å². The van der Waals surface area contributed by atoms with E-state index in [1.54, 1.807) is 0 Å². The van der Waals surface area contributed by atoms with Gasteiger partial charge in [0, 0.05) is 0 Å². The molecule has 22 heavy (non-hydrogen) atoms. The molecule has 0 aromatic carbocycles. The van der Waals surface area contributed by atoms with Gasteiger partial charge in [-0.05, 0) is 25.7 Å². The highest BCUT2D eigenvalue weighted by Crippen LogP contribution is 2.45. The molecule has 0 aliphatic carbocycles. The van der Waals surface area contributed by atoms with E-state index in [-0.39, 0.29) is 25.1 Å². The number of carbonyl (C=O) groups excluding carboxylic acids is 1. The van der Waals surface area contributed by atoms with Crippen LogP contribution in [0.1, 0.15) is 53.4 Å². The largest absolute Gasteiger partial charge is 0.344 e. The van der Waals surface area contributed by atoms with Gasteiger partial charge in [-0.3, -0.25) is 4.79 Å². The summed E-state index contributed by atoms with van der Waals surface area (Å²) in [5, 5.41) is 0. The van der Waals surface area contributed by atoms with Gasteiger partial charge in [0.05, 0.1) is 6.61 Å². The monoisotopic (exact) mass is 314 g/mol. The summed E-state index contributed by atoms with van der Waals surface area (Å²) in [6.45, 7) is 8.35. The Labute approximate surface area is 131 Å². The van der Waals surface area contributed by atoms with E-state index in [1.807, 2.05) is 27.7 Å². The summed E-state index contributed by atoms with van der Waals surface area (Å²) in [5.41, 5.74) is 0. The van der Waals surface area contributed by atoms with Crippen LogP contribution in [0.4, 0.5) is 0 Å². The van der Waals surface area contributed by atoms with Crippen molar-refractivity contribution in [1.29, 1.82) is 0 Å². The number of ether oxygens (including phenoxy) is 5. The second-order valence-electron chi connectivity index (χ2n) is 6.25. The van der Waals surface area contributed by atoms with E-state index < -0.39 is 23.5 Å². The molecule has 0 bridgehead atoms. The van der Waals surface area contributed by atoms with Gasteiger partial charge in [0.25, 0.3) is 5.79 Å². The van der Waals surface area contributed by atoms with E-state index in [0.717, 1.165) is 0 Å². The summed E-state index contributed by atoms with van der Waals surface area (Å²) < 4.78 is 29.5. The zero-order valence-electron chi connectivity index (χ0n) is 13.8. The van der Waals surface area contributed by atoms with Gasteiger partial charge < -0.3 is 23.7 Å². The van der Waals surface area contributed by atoms with Crippen molar-refractivity contribution in [3.8, 4) is 0 Å². The molecule has 6 heteroatoms. The lowest BCUT2D eigenvalue weighted by Gasteiger charge is -2.36. The van der Waals surface area contributed by atoms with Crippen LogP contribution in [0, 0.1) is 0 Å². The molecule has 0 amide bonds. The highest BCUT2D eigenvalue weighted by Gasteiger charge is 2.64. The Kier molecular flexibility index (Phi) is 4.10. The van der Waals surface area contributed by atoms with Crippen LogP contribution in [0.2, 0.25) is 0 Å². The van der Waals surface area contributed by atoms with Crippen molar-refractivity contribution in [2.75, 3.05) is 13.2 Å². The Morgan fingerprint density at radius 2 is 1.59 bits per heavy atom. The maximum Gasteiger partial charge on any atom is 0.258 e. The van der Waals surface area contributed by atoms with Gasteiger partial charge in [0.15, 0.2) is 17.7 Å². The standard InChI is InChI=1S/C16H26O6/c1-5-14(6-2)19-10-16(22-14)13(17)12-11(9-18-16)20-15(7-3,8-4)21-12/h11-12H,5-10H2,1-4H3/t11-,12-,16+/m1/s1. The fraction of sp³-hybridized carbons (Fsp3) is 0.938. The average Bonchev–Trinajstić information content (AvgIpc) is 3.13. The Bertz CT molecular complexity index is 436. The van der Waals surface area contributed by atoms with Gasteiger partial charge in [-0.15, -0.1) is 0 Å². The minimum atomic E-state index is -1.34. The van der Waals surface area contributed by atoms with Crippen LogP contribution >= 0.6 is 0 Å². The maximum atomic E-state index is 12.9. The first-order chi connectivity index (χ1) is 10.5. The molecule has 0 aromatic heterocycles. The first-order valence-corrected chi connectivity index (χ1v) is 8.35. The van der Waals surface area contributed by atoms with Gasteiger partial charge >= 0.3 is 0 Å². The minimum absolute atomic E-state index is 0.116. The van der Waals surface area contributed by atoms with Crippen molar-refractivity contribution >= 4 is 5.78 Å². The number of fused-ring (bicyclic) bond motifs is 1. The van der Waals surface area contributed by atoms with Crippen LogP contribution in [-0.2, 0) is 28.5 Å². The lowest BCUT2D eigenvalue weighted by atomic mass is 9.99. The number of hydrogen-bond donors (Lipinski definition) is 0. The molecule has 126 valence electrons. The van der Waals surface area contributed by atoms with Crippen LogP contribution < -0.4 is 0 Å². The molecule has 3 atom stereocenters. The fourth-order valence-electron chi connectivity index (χ4n) is 3.48. The number of rotatable bonds is 4. The predicted molar refractivity (Wildman–Crippen MR) is 77.1 cm³/mol. The molecule has 0 unspecified atom stereocenters. The highest BCUT2D eigenvalue weighted by atomic mass is 16.8. The van der Waals surface area contributed by atoms with Crippen LogP contribution in [0.5, 0.6) is 0 Å². The summed E-state index contributed by atoms with van der Waals surface area (Å²) in [7, 11) is 0. The molecule has 6 nitrogen and oxygen atoms in total. The Morgan fingerprint density at radius 1 is 0.955 bits per heavy atom. The highest BCUT2D eigenvalue weighted by molar-refractivity contribution is 5.92. The van der Waals surface area contributed by atoms with Crippen molar-refractivity contribution in [2.24, 2.45) is 0 Å². The van der Waals surface area contributed by atoms with Crippen molar-refractivity contribution in [1.82, 2.24) is 0 Å². The van der Waals surface area contributed by atoms with Crippen LogP contribution in [0.15, 0.2) is 0 Å². The summed E-state index contributed by atoms with van der Waals surface area (Å²) in [5.74, 6) is -2.98. The lowest BCUT2D eigenvalue weighted by Crippen LogP contribution is -2.59. The van der Waals surface area contributed by atoms with E-state index in [2.05, 4.69) is 0 Å². The first-order valence-electron chi connectivity index (χ1n) is 8.35. The van der Waals surface area contributed by atoms with E-state index >= 15 is 0 Å². The molecule has 0 saturated carbocycles. The number of ketones is 1. The van der Waals surface area contributed by atoms with Gasteiger partial charge in [-0.1, -0.05) is 27.7 Å². The van der Waals surface area contributed by atoms with Crippen molar-refractivity contribution in [3.63, 3.8) is 0 Å². The molecule has 3 saturated heterocycles. The summed E-state index contributed by atoms with van der Waals surface area (Å²) >= 11 is 0. The molecule has 0 N–H and O–H groups in total. The molecular formula is C16H26O6. The smallest absolute Gasteiger partial charge is 0.258 e. The predicted octanol–water partition coefficient (Wildman–Crippen LogP) is 2.15. The van der Waals surface area contributed by atoms with Crippen LogP contribution in [0.25, 0.3) is 0 Å².